The van der Waals surface area contributed by atoms with Crippen LogP contribution in [0.1, 0.15) is 81.1 Å². The Bertz CT molecular complexity index is 3030. The van der Waals surface area contributed by atoms with E-state index >= 15 is 0 Å². The van der Waals surface area contributed by atoms with E-state index in [1.54, 1.807) is 53.7 Å². The van der Waals surface area contributed by atoms with Crippen molar-refractivity contribution in [3.63, 3.8) is 0 Å². The molecule has 14 nitrogen and oxygen atoms in total. The zero-order valence-electron chi connectivity index (χ0n) is 37.8. The number of hydrogen-bond acceptors (Lipinski definition) is 8. The van der Waals surface area contributed by atoms with E-state index in [0.717, 1.165) is 24.8 Å². The van der Waals surface area contributed by atoms with Gasteiger partial charge in [0, 0.05) is 91.7 Å². The molecule has 2 aliphatic carbocycles. The molecule has 2 unspecified atom stereocenters. The van der Waals surface area contributed by atoms with Crippen LogP contribution in [0.5, 0.6) is 0 Å². The molecule has 6 aromatic rings. The van der Waals surface area contributed by atoms with E-state index in [4.69, 9.17) is 11.6 Å². The first-order chi connectivity index (χ1) is 32.1. The van der Waals surface area contributed by atoms with Crippen LogP contribution in [-0.2, 0) is 64.2 Å². The molecule has 67 heavy (non-hydrogen) atoms. The number of aryl methyl sites for hydroxylation is 3. The Morgan fingerprint density at radius 3 is 1.51 bits per heavy atom. The summed E-state index contributed by atoms with van der Waals surface area (Å²) in [5.41, 5.74) is 6.59. The van der Waals surface area contributed by atoms with Gasteiger partial charge in [-0.15, -0.1) is 0 Å². The topological polar surface area (TPSA) is 169 Å². The van der Waals surface area contributed by atoms with E-state index in [1.807, 2.05) is 48.5 Å². The summed E-state index contributed by atoms with van der Waals surface area (Å²) in [4.78, 5) is 34.5. The number of halogens is 1. The zero-order chi connectivity index (χ0) is 47.1. The SMILES string of the molecule is CCc1ccccc1C(=O)NC1Cc2ccccc2C12CCN(S(=O)(=O)c1cn(C)cn1)CC2.Cn1cnc(S(=O)(=O)N2CCC3(CC2)c2ccccc2CC3NC(=O)c2ccc(Cl)cc2)c1. The number of amides is 2. The molecule has 2 spiro atoms. The Balaban J connectivity index is 0.000000168. The molecule has 2 saturated heterocycles. The van der Waals surface area contributed by atoms with Gasteiger partial charge in [0.2, 0.25) is 0 Å². The monoisotopic (exact) mass is 962 g/mol. The normalized spacial score (nSPS) is 19.9. The number of nitrogens with one attached hydrogen (secondary N) is 2. The summed E-state index contributed by atoms with van der Waals surface area (Å²) < 4.78 is 58.8. The number of aromatic nitrogens is 4. The van der Waals surface area contributed by atoms with E-state index < -0.39 is 20.0 Å². The summed E-state index contributed by atoms with van der Waals surface area (Å²) in [5.74, 6) is -0.203. The van der Waals surface area contributed by atoms with Crippen molar-refractivity contribution in [1.29, 1.82) is 0 Å². The lowest BCUT2D eigenvalue weighted by Crippen LogP contribution is -2.54. The van der Waals surface area contributed by atoms with Crippen molar-refractivity contribution in [2.24, 2.45) is 14.1 Å². The Kier molecular flexibility index (Phi) is 12.8. The molecular formula is C50H55ClN8O6S2. The molecule has 0 saturated carbocycles. The molecule has 0 bridgehead atoms. The number of sulfonamides is 2. The third-order valence-corrected chi connectivity index (χ3v) is 18.3. The second-order valence-corrected chi connectivity index (χ2v) is 22.4. The molecule has 2 N–H and O–H groups in total. The number of carbonyl (C=O) groups excluding carboxylic acids is 2. The third-order valence-electron chi connectivity index (χ3n) is 14.4. The lowest BCUT2D eigenvalue weighted by molar-refractivity contribution is 0.0889. The zero-order valence-corrected chi connectivity index (χ0v) is 40.2. The van der Waals surface area contributed by atoms with Crippen LogP contribution in [0, 0.1) is 0 Å². The van der Waals surface area contributed by atoms with Gasteiger partial charge in [-0.25, -0.2) is 26.8 Å². The number of nitrogens with zero attached hydrogens (tertiary/aromatic N) is 6. The molecule has 350 valence electrons. The quantitative estimate of drug-likeness (QED) is 0.173. The lowest BCUT2D eigenvalue weighted by atomic mass is 9.71. The maximum atomic E-state index is 13.3. The largest absolute Gasteiger partial charge is 0.348 e. The van der Waals surface area contributed by atoms with Crippen LogP contribution < -0.4 is 10.6 Å². The summed E-state index contributed by atoms with van der Waals surface area (Å²) in [6, 6.07) is 31.0. The minimum Gasteiger partial charge on any atom is -0.348 e. The summed E-state index contributed by atoms with van der Waals surface area (Å²) in [7, 11) is -3.78. The van der Waals surface area contributed by atoms with E-state index in [0.29, 0.717) is 68.0 Å². The molecule has 2 aliphatic heterocycles. The molecule has 4 aromatic carbocycles. The van der Waals surface area contributed by atoms with Crippen LogP contribution in [0.2, 0.25) is 5.02 Å². The fourth-order valence-corrected chi connectivity index (χ4v) is 13.8. The first kappa shape index (κ1) is 46.5. The van der Waals surface area contributed by atoms with Crippen molar-refractivity contribution in [1.82, 2.24) is 38.3 Å². The highest BCUT2D eigenvalue weighted by molar-refractivity contribution is 7.89. The Hall–Kier alpha value is -5.65. The number of fused-ring (bicyclic) bond motifs is 4. The predicted molar refractivity (Wildman–Crippen MR) is 256 cm³/mol. The first-order valence-electron chi connectivity index (χ1n) is 22.7. The van der Waals surface area contributed by atoms with Crippen LogP contribution in [0.4, 0.5) is 0 Å². The Morgan fingerprint density at radius 2 is 1.06 bits per heavy atom. The Morgan fingerprint density at radius 1 is 0.627 bits per heavy atom. The molecule has 10 rings (SSSR count). The van der Waals surface area contributed by atoms with E-state index in [9.17, 15) is 26.4 Å². The van der Waals surface area contributed by atoms with Gasteiger partial charge < -0.3 is 19.8 Å². The first-order valence-corrected chi connectivity index (χ1v) is 26.0. The van der Waals surface area contributed by atoms with Gasteiger partial charge in [-0.05, 0) is 103 Å². The number of benzene rings is 4. The van der Waals surface area contributed by atoms with Gasteiger partial charge in [0.05, 0.1) is 12.7 Å². The summed E-state index contributed by atoms with van der Waals surface area (Å²) in [5, 5.41) is 7.32. The summed E-state index contributed by atoms with van der Waals surface area (Å²) in [6.07, 6.45) is 10.9. The maximum absolute atomic E-state index is 13.3. The molecular weight excluding hydrogens is 908 g/mol. The second kappa shape index (κ2) is 18.4. The van der Waals surface area contributed by atoms with Crippen molar-refractivity contribution in [3.8, 4) is 0 Å². The molecule has 2 aromatic heterocycles. The van der Waals surface area contributed by atoms with Crippen LogP contribution in [0.3, 0.4) is 0 Å². The standard InChI is InChI=1S/C26H30N4O3S.C24H25ClN4O3S/c1-3-19-8-4-6-10-21(19)25(31)28-23-16-20-9-5-7-11-22(20)26(23)12-14-30(15-13-26)34(32,33)24-17-29(2)18-27-24;1-28-15-22(26-16-28)33(31,32)29-12-10-24(11-13-29)20-5-3-2-4-18(20)14-21(24)27-23(30)17-6-8-19(25)9-7-17/h4-11,17-18,23H,3,12-16H2,1-2H3,(H,28,31);2-9,15-16,21H,10-14H2,1H3,(H,27,30). The van der Waals surface area contributed by atoms with Crippen molar-refractivity contribution >= 4 is 43.5 Å². The number of imidazole rings is 2. The summed E-state index contributed by atoms with van der Waals surface area (Å²) in [6.45, 7) is 3.59. The van der Waals surface area contributed by atoms with Crippen LogP contribution in [0.25, 0.3) is 0 Å². The lowest BCUT2D eigenvalue weighted by Gasteiger charge is -2.43. The third kappa shape index (κ3) is 8.74. The van der Waals surface area contributed by atoms with Gasteiger partial charge in [-0.3, -0.25) is 9.59 Å². The highest BCUT2D eigenvalue weighted by Gasteiger charge is 2.52. The van der Waals surface area contributed by atoms with Crippen LogP contribution in [0.15, 0.2) is 132 Å². The van der Waals surface area contributed by atoms with Gasteiger partial charge in [-0.2, -0.15) is 8.61 Å². The smallest absolute Gasteiger partial charge is 0.262 e. The molecule has 2 fully saturated rings. The summed E-state index contributed by atoms with van der Waals surface area (Å²) >= 11 is 5.97. The number of hydrogen-bond donors (Lipinski definition) is 2. The van der Waals surface area contributed by atoms with Gasteiger partial charge in [-0.1, -0.05) is 85.3 Å². The molecule has 2 amide bonds. The molecule has 0 radical (unpaired) electrons. The van der Waals surface area contributed by atoms with Crippen LogP contribution in [-0.4, -0.2) is 94.6 Å². The average Bonchev–Trinajstić information content (AvgIpc) is 4.12. The van der Waals surface area contributed by atoms with Gasteiger partial charge in [0.25, 0.3) is 31.9 Å². The number of carbonyl (C=O) groups is 2. The Labute approximate surface area is 397 Å². The van der Waals surface area contributed by atoms with Gasteiger partial charge in [0.15, 0.2) is 10.1 Å². The highest BCUT2D eigenvalue weighted by atomic mass is 35.5. The average molecular weight is 964 g/mol. The van der Waals surface area contributed by atoms with Crippen molar-refractivity contribution in [2.45, 2.75) is 84.8 Å². The van der Waals surface area contributed by atoms with Crippen molar-refractivity contribution in [2.75, 3.05) is 26.2 Å². The minimum absolute atomic E-state index is 0.0573. The number of piperidine rings is 2. The van der Waals surface area contributed by atoms with E-state index in [2.05, 4.69) is 51.8 Å². The predicted octanol–water partition coefficient (Wildman–Crippen LogP) is 6.21. The van der Waals surface area contributed by atoms with Gasteiger partial charge >= 0.3 is 0 Å². The fourth-order valence-electron chi connectivity index (χ4n) is 10.9. The molecule has 4 aliphatic rings. The minimum atomic E-state index is -3.65. The molecule has 17 heteroatoms. The maximum Gasteiger partial charge on any atom is 0.262 e. The van der Waals surface area contributed by atoms with Crippen molar-refractivity contribution in [3.05, 3.63) is 166 Å². The second-order valence-electron chi connectivity index (χ2n) is 18.2. The van der Waals surface area contributed by atoms with E-state index in [-0.39, 0.29) is 44.8 Å². The van der Waals surface area contributed by atoms with Crippen molar-refractivity contribution < 1.29 is 26.4 Å². The van der Waals surface area contributed by atoms with Crippen LogP contribution >= 0.6 is 11.6 Å². The van der Waals surface area contributed by atoms with Gasteiger partial charge in [0.1, 0.15) is 0 Å². The highest BCUT2D eigenvalue weighted by Crippen LogP contribution is 2.48. The van der Waals surface area contributed by atoms with E-state index in [1.165, 1.54) is 49.7 Å². The molecule has 4 heterocycles. The fraction of sp³-hybridized carbons (Fsp3) is 0.360. The number of rotatable bonds is 9. The molecule has 2 atom stereocenters.